The third-order valence-corrected chi connectivity index (χ3v) is 5.94. The summed E-state index contributed by atoms with van der Waals surface area (Å²) >= 11 is 0. The average molecular weight is 252 g/mol. The lowest BCUT2D eigenvalue weighted by Gasteiger charge is -2.18. The van der Waals surface area contributed by atoms with E-state index < -0.39 is 0 Å². The number of ketones is 1. The van der Waals surface area contributed by atoms with Gasteiger partial charge in [0.15, 0.2) is 5.78 Å². The number of rotatable bonds is 1. The summed E-state index contributed by atoms with van der Waals surface area (Å²) in [6.07, 6.45) is 11.1. The van der Waals surface area contributed by atoms with Crippen LogP contribution in [0, 0.1) is 5.92 Å². The molecule has 98 valence electrons. The van der Waals surface area contributed by atoms with E-state index in [0.29, 0.717) is 11.7 Å². The van der Waals surface area contributed by atoms with Crippen LogP contribution in [-0.4, -0.2) is 5.78 Å². The highest BCUT2D eigenvalue weighted by Gasteiger charge is 2.44. The van der Waals surface area contributed by atoms with Gasteiger partial charge in [-0.25, -0.2) is 0 Å². The van der Waals surface area contributed by atoms with Crippen molar-refractivity contribution >= 4 is 5.78 Å². The molecule has 1 heteroatoms. The second-order valence-electron chi connectivity index (χ2n) is 6.98. The van der Waals surface area contributed by atoms with Crippen LogP contribution in [0.2, 0.25) is 0 Å². The van der Waals surface area contributed by atoms with Crippen LogP contribution in [0.3, 0.4) is 0 Å². The Morgan fingerprint density at radius 2 is 1.42 bits per heavy atom. The summed E-state index contributed by atoms with van der Waals surface area (Å²) in [6, 6.07) is 0. The van der Waals surface area contributed by atoms with Gasteiger partial charge in [0.05, 0.1) is 0 Å². The van der Waals surface area contributed by atoms with Crippen LogP contribution >= 0.6 is 0 Å². The molecule has 1 fully saturated rings. The van der Waals surface area contributed by atoms with Crippen LogP contribution in [-0.2, 0) is 25.7 Å². The molecule has 0 saturated heterocycles. The maximum Gasteiger partial charge on any atom is 0.164 e. The quantitative estimate of drug-likeness (QED) is 0.744. The van der Waals surface area contributed by atoms with Gasteiger partial charge in [0.1, 0.15) is 0 Å². The fraction of sp³-hybridized carbons (Fsp3) is 0.611. The van der Waals surface area contributed by atoms with E-state index in [1.165, 1.54) is 62.5 Å². The third kappa shape index (κ3) is 1.29. The molecule has 0 amide bonds. The first-order valence-corrected chi connectivity index (χ1v) is 8.07. The number of Topliss-reactive ketones (excluding diaryl/α,β-unsaturated/α-hetero) is 1. The van der Waals surface area contributed by atoms with E-state index >= 15 is 0 Å². The van der Waals surface area contributed by atoms with Gasteiger partial charge in [0.25, 0.3) is 0 Å². The van der Waals surface area contributed by atoms with Crippen molar-refractivity contribution in [1.82, 2.24) is 0 Å². The minimum absolute atomic E-state index is 0.486. The molecule has 5 rings (SSSR count). The molecule has 1 nitrogen and oxygen atoms in total. The van der Waals surface area contributed by atoms with Crippen LogP contribution in [0.25, 0.3) is 0 Å². The molecular formula is C18H20O. The van der Waals surface area contributed by atoms with Crippen LogP contribution in [0.1, 0.15) is 76.2 Å². The van der Waals surface area contributed by atoms with Crippen LogP contribution < -0.4 is 0 Å². The number of benzene rings is 1. The van der Waals surface area contributed by atoms with Crippen molar-refractivity contribution in [3.8, 4) is 0 Å². The molecule has 1 atom stereocenters. The van der Waals surface area contributed by atoms with Gasteiger partial charge >= 0.3 is 0 Å². The van der Waals surface area contributed by atoms with E-state index in [0.717, 1.165) is 12.3 Å². The molecule has 0 spiro atoms. The lowest BCUT2D eigenvalue weighted by atomic mass is 9.86. The first kappa shape index (κ1) is 10.7. The molecule has 4 aliphatic carbocycles. The Morgan fingerprint density at radius 3 is 2.16 bits per heavy atom. The fourth-order valence-electron chi connectivity index (χ4n) is 5.07. The molecule has 1 aromatic carbocycles. The Morgan fingerprint density at radius 1 is 0.789 bits per heavy atom. The molecule has 1 saturated carbocycles. The highest BCUT2D eigenvalue weighted by Crippen LogP contribution is 2.54. The highest BCUT2D eigenvalue weighted by atomic mass is 16.1. The monoisotopic (exact) mass is 252 g/mol. The molecule has 4 aliphatic rings. The van der Waals surface area contributed by atoms with Crippen molar-refractivity contribution in [3.63, 3.8) is 0 Å². The molecule has 0 N–H and O–H groups in total. The zero-order valence-electron chi connectivity index (χ0n) is 11.4. The lowest BCUT2D eigenvalue weighted by molar-refractivity contribution is 0.0986. The molecule has 1 unspecified atom stereocenters. The van der Waals surface area contributed by atoms with Gasteiger partial charge in [-0.05, 0) is 91.0 Å². The first-order chi connectivity index (χ1) is 9.34. The van der Waals surface area contributed by atoms with Gasteiger partial charge in [-0.1, -0.05) is 0 Å². The maximum absolute atomic E-state index is 12.6. The van der Waals surface area contributed by atoms with E-state index in [1.807, 2.05) is 0 Å². The summed E-state index contributed by atoms with van der Waals surface area (Å²) in [5, 5.41) is 0. The predicted octanol–water partition coefficient (Wildman–Crippen LogP) is 3.74. The third-order valence-electron chi connectivity index (χ3n) is 5.94. The Hall–Kier alpha value is -1.11. The Labute approximate surface area is 114 Å². The fourth-order valence-corrected chi connectivity index (χ4v) is 5.07. The van der Waals surface area contributed by atoms with Crippen molar-refractivity contribution in [2.75, 3.05) is 0 Å². The van der Waals surface area contributed by atoms with E-state index in [2.05, 4.69) is 0 Å². The van der Waals surface area contributed by atoms with E-state index in [1.54, 1.807) is 22.3 Å². The largest absolute Gasteiger partial charge is 0.294 e. The molecule has 19 heavy (non-hydrogen) atoms. The highest BCUT2D eigenvalue weighted by molar-refractivity contribution is 6.04. The van der Waals surface area contributed by atoms with Gasteiger partial charge in [-0.15, -0.1) is 0 Å². The normalized spacial score (nSPS) is 27.6. The number of carbonyl (C=O) groups excluding carboxylic acids is 1. The van der Waals surface area contributed by atoms with Gasteiger partial charge in [-0.2, -0.15) is 0 Å². The van der Waals surface area contributed by atoms with Gasteiger partial charge in [0, 0.05) is 12.0 Å². The second-order valence-corrected chi connectivity index (χ2v) is 6.98. The van der Waals surface area contributed by atoms with Crippen LogP contribution in [0.15, 0.2) is 0 Å². The molecular weight excluding hydrogens is 232 g/mol. The van der Waals surface area contributed by atoms with E-state index in [4.69, 9.17) is 0 Å². The summed E-state index contributed by atoms with van der Waals surface area (Å²) in [4.78, 5) is 12.6. The topological polar surface area (TPSA) is 17.1 Å². The molecule has 0 aliphatic heterocycles. The smallest absolute Gasteiger partial charge is 0.164 e. The van der Waals surface area contributed by atoms with Crippen molar-refractivity contribution in [2.45, 2.75) is 63.7 Å². The average Bonchev–Trinajstić information content (AvgIpc) is 2.85. The number of hydrogen-bond acceptors (Lipinski definition) is 1. The van der Waals surface area contributed by atoms with Crippen molar-refractivity contribution in [3.05, 3.63) is 33.4 Å². The minimum atomic E-state index is 0.486. The van der Waals surface area contributed by atoms with Crippen molar-refractivity contribution in [2.24, 2.45) is 5.92 Å². The molecule has 0 radical (unpaired) electrons. The van der Waals surface area contributed by atoms with Gasteiger partial charge in [0.2, 0.25) is 0 Å². The summed E-state index contributed by atoms with van der Waals surface area (Å²) in [5.41, 5.74) is 9.20. The molecule has 0 heterocycles. The second kappa shape index (κ2) is 3.50. The summed E-state index contributed by atoms with van der Waals surface area (Å²) < 4.78 is 0. The van der Waals surface area contributed by atoms with Crippen molar-refractivity contribution < 1.29 is 4.79 Å². The summed E-state index contributed by atoms with van der Waals surface area (Å²) in [7, 11) is 0. The van der Waals surface area contributed by atoms with Gasteiger partial charge in [-0.3, -0.25) is 4.79 Å². The van der Waals surface area contributed by atoms with E-state index in [-0.39, 0.29) is 0 Å². The zero-order valence-corrected chi connectivity index (χ0v) is 11.4. The first-order valence-electron chi connectivity index (χ1n) is 8.07. The standard InChI is InChI=1S/C18H20O/c19-16-9-15(10-7-8-10)17-13-5-1-3-11(13)12-4-2-6-14(12)18(16)17/h10,15H,1-9H2. The van der Waals surface area contributed by atoms with Gasteiger partial charge < -0.3 is 0 Å². The molecule has 1 aromatic rings. The summed E-state index contributed by atoms with van der Waals surface area (Å²) in [6.45, 7) is 0. The van der Waals surface area contributed by atoms with E-state index in [9.17, 15) is 4.79 Å². The maximum atomic E-state index is 12.6. The number of fused-ring (bicyclic) bond motifs is 6. The Bertz CT molecular complexity index is 607. The molecule has 0 aromatic heterocycles. The number of hydrogen-bond donors (Lipinski definition) is 0. The van der Waals surface area contributed by atoms with Crippen molar-refractivity contribution in [1.29, 1.82) is 0 Å². The van der Waals surface area contributed by atoms with Crippen LogP contribution in [0.4, 0.5) is 0 Å². The molecule has 0 bridgehead atoms. The zero-order chi connectivity index (χ0) is 12.6. The SMILES string of the molecule is O=C1CC(C2CC2)c2c3c(c4c(c21)CCC4)CCC3. The Balaban J connectivity index is 1.83. The van der Waals surface area contributed by atoms with Crippen LogP contribution in [0.5, 0.6) is 0 Å². The minimum Gasteiger partial charge on any atom is -0.294 e. The lowest BCUT2D eigenvalue weighted by Crippen LogP contribution is -2.06. The predicted molar refractivity (Wildman–Crippen MR) is 74.9 cm³/mol. The Kier molecular flexibility index (Phi) is 1.96. The number of carbonyl (C=O) groups is 1. The summed E-state index contributed by atoms with van der Waals surface area (Å²) in [5.74, 6) is 1.94.